The van der Waals surface area contributed by atoms with Crippen molar-refractivity contribution >= 4 is 28.5 Å². The number of aromatic amines is 1. The van der Waals surface area contributed by atoms with Gasteiger partial charge >= 0.3 is 5.69 Å². The lowest BCUT2D eigenvalue weighted by Gasteiger charge is -2.42. The molecular formula is C34H44ClFN8O. The number of H-pyrrole nitrogens is 1. The van der Waals surface area contributed by atoms with Crippen LogP contribution in [0.4, 0.5) is 4.39 Å². The molecule has 7 N–H and O–H groups in total. The van der Waals surface area contributed by atoms with Crippen LogP contribution in [-0.4, -0.2) is 57.0 Å². The van der Waals surface area contributed by atoms with E-state index < -0.39 is 11.5 Å². The van der Waals surface area contributed by atoms with Gasteiger partial charge in [0, 0.05) is 54.9 Å². The number of amidine groups is 1. The van der Waals surface area contributed by atoms with Gasteiger partial charge in [0.05, 0.1) is 22.2 Å². The quantitative estimate of drug-likeness (QED) is 0.120. The van der Waals surface area contributed by atoms with E-state index in [1.165, 1.54) is 10.1 Å². The summed E-state index contributed by atoms with van der Waals surface area (Å²) in [4.78, 5) is 27.4. The number of benzene rings is 2. The predicted octanol–water partition coefficient (Wildman–Crippen LogP) is 5.46. The maximum atomic E-state index is 15.2. The van der Waals surface area contributed by atoms with Crippen molar-refractivity contribution < 1.29 is 4.39 Å². The molecule has 0 amide bonds. The molecule has 3 atom stereocenters. The molecule has 0 bridgehead atoms. The summed E-state index contributed by atoms with van der Waals surface area (Å²) < 4.78 is 16.7. The Morgan fingerprint density at radius 2 is 2.00 bits per heavy atom. The molecule has 45 heavy (non-hydrogen) atoms. The number of hydrogen-bond donors (Lipinski definition) is 4. The smallest absolute Gasteiger partial charge is 0.354 e. The van der Waals surface area contributed by atoms with Crippen LogP contribution in [0.1, 0.15) is 69.5 Å². The van der Waals surface area contributed by atoms with Crippen molar-refractivity contribution in [3.05, 3.63) is 81.1 Å². The molecule has 3 heterocycles. The highest BCUT2D eigenvalue weighted by atomic mass is 35.5. The van der Waals surface area contributed by atoms with Crippen molar-refractivity contribution in [1.82, 2.24) is 19.4 Å². The van der Waals surface area contributed by atoms with Gasteiger partial charge in [0.15, 0.2) is 5.82 Å². The summed E-state index contributed by atoms with van der Waals surface area (Å²) in [6, 6.07) is 14.1. The molecule has 1 saturated heterocycles. The zero-order valence-electron chi connectivity index (χ0n) is 26.1. The first-order chi connectivity index (χ1) is 21.6. The fourth-order valence-corrected chi connectivity index (χ4v) is 6.72. The number of aryl methyl sites for hydroxylation is 1. The number of likely N-dealkylation sites (tertiary alicyclic amines) is 1. The molecule has 0 radical (unpaired) electrons. The lowest BCUT2D eigenvalue weighted by atomic mass is 9.89. The van der Waals surface area contributed by atoms with Gasteiger partial charge in [-0.15, -0.1) is 0 Å². The van der Waals surface area contributed by atoms with Crippen LogP contribution in [-0.2, 0) is 6.42 Å². The zero-order valence-corrected chi connectivity index (χ0v) is 26.9. The summed E-state index contributed by atoms with van der Waals surface area (Å²) in [7, 11) is 0. The Morgan fingerprint density at radius 3 is 2.71 bits per heavy atom. The zero-order chi connectivity index (χ0) is 32.1. The Labute approximate surface area is 268 Å². The van der Waals surface area contributed by atoms with Crippen LogP contribution < -0.4 is 22.9 Å². The van der Waals surface area contributed by atoms with Crippen molar-refractivity contribution in [1.29, 1.82) is 0 Å². The van der Waals surface area contributed by atoms with Gasteiger partial charge in [0.2, 0.25) is 0 Å². The first kappa shape index (κ1) is 32.8. The molecule has 9 nitrogen and oxygen atoms in total. The second-order valence-corrected chi connectivity index (χ2v) is 12.6. The van der Waals surface area contributed by atoms with Gasteiger partial charge in [-0.05, 0) is 100 Å². The summed E-state index contributed by atoms with van der Waals surface area (Å²) in [5, 5.41) is 0.745. The van der Waals surface area contributed by atoms with Crippen LogP contribution in [0.3, 0.4) is 0 Å². The molecule has 240 valence electrons. The Balaban J connectivity index is 1.39. The van der Waals surface area contributed by atoms with Crippen LogP contribution in [0, 0.1) is 5.82 Å². The minimum atomic E-state index is -0.513. The van der Waals surface area contributed by atoms with E-state index in [4.69, 9.17) is 28.8 Å². The molecule has 5 rings (SSSR count). The molecule has 1 fully saturated rings. The van der Waals surface area contributed by atoms with Gasteiger partial charge in [-0.25, -0.2) is 9.18 Å². The van der Waals surface area contributed by atoms with Crippen LogP contribution in [0.15, 0.2) is 58.4 Å². The Morgan fingerprint density at radius 1 is 1.22 bits per heavy atom. The molecule has 0 unspecified atom stereocenters. The number of fused-ring (bicyclic) bond motifs is 1. The number of aliphatic imine (C=N–C) groups is 1. The first-order valence-electron chi connectivity index (χ1n) is 15.8. The van der Waals surface area contributed by atoms with Gasteiger partial charge in [0.1, 0.15) is 5.65 Å². The lowest BCUT2D eigenvalue weighted by molar-refractivity contribution is 0.0819. The highest BCUT2D eigenvalue weighted by molar-refractivity contribution is 6.31. The number of hydrogen-bond acceptors (Lipinski definition) is 6. The van der Waals surface area contributed by atoms with E-state index in [1.54, 1.807) is 24.4 Å². The molecule has 0 saturated carbocycles. The third-order valence-electron chi connectivity index (χ3n) is 8.66. The third-order valence-corrected chi connectivity index (χ3v) is 8.94. The van der Waals surface area contributed by atoms with Crippen LogP contribution in [0.25, 0.3) is 28.0 Å². The summed E-state index contributed by atoms with van der Waals surface area (Å²) >= 11 is 6.27. The minimum absolute atomic E-state index is 0.0584. The number of rotatable bonds is 12. The van der Waals surface area contributed by atoms with E-state index in [1.807, 2.05) is 26.0 Å². The minimum Gasteiger partial charge on any atom is -0.388 e. The normalized spacial score (nSPS) is 18.5. The van der Waals surface area contributed by atoms with Crippen molar-refractivity contribution in [3.8, 4) is 16.9 Å². The van der Waals surface area contributed by atoms with Crippen molar-refractivity contribution in [2.75, 3.05) is 19.6 Å². The standard InChI is InChI=1S/C34H44ClFN8O/c1-21(38)5-3-6-23-17-28(32(36)29(35)18-23)30-19-25-20-44(34(45)42-33(25)41-30)27-11-9-24(10-12-27)31-8-4-7-26(43(31)16-14-37)13-15-40-22(2)39/h9-12,17-21,26,31H,3-8,13-16,37-38H2,1-2H3,(H2,39,40)(H,41,42,45)/t21-,26-,31-/m0/s1. The second kappa shape index (κ2) is 14.7. The number of nitrogens with zero attached hydrogens (tertiary/aromatic N) is 4. The molecule has 0 spiro atoms. The largest absolute Gasteiger partial charge is 0.388 e. The van der Waals surface area contributed by atoms with Gasteiger partial charge in [-0.3, -0.25) is 14.5 Å². The molecular weight excluding hydrogens is 591 g/mol. The van der Waals surface area contributed by atoms with E-state index >= 15 is 4.39 Å². The molecule has 2 aromatic heterocycles. The summed E-state index contributed by atoms with van der Waals surface area (Å²) in [6.45, 7) is 5.88. The Hall–Kier alpha value is -3.57. The number of nitrogens with two attached hydrogens (primary N) is 3. The Bertz CT molecular complexity index is 1690. The summed E-state index contributed by atoms with van der Waals surface area (Å²) in [5.74, 6) is 0.0949. The van der Waals surface area contributed by atoms with Crippen molar-refractivity contribution in [2.24, 2.45) is 22.2 Å². The molecule has 11 heteroatoms. The van der Waals surface area contributed by atoms with Crippen LogP contribution in [0.5, 0.6) is 0 Å². The van der Waals surface area contributed by atoms with Crippen molar-refractivity contribution in [2.45, 2.75) is 76.9 Å². The summed E-state index contributed by atoms with van der Waals surface area (Å²) in [5.41, 5.74) is 21.3. The Kier molecular flexibility index (Phi) is 10.7. The SMILES string of the molecule is CC(N)=NCC[C@@H]1CCC[C@@H](c2ccc(-n3cc4cc(-c5cc(CCC[C@H](C)N)cc(Cl)c5F)[nH]c4nc3=O)cc2)N1CCN. The van der Waals surface area contributed by atoms with Crippen molar-refractivity contribution in [3.63, 3.8) is 0 Å². The predicted molar refractivity (Wildman–Crippen MR) is 182 cm³/mol. The van der Waals surface area contributed by atoms with Crippen LogP contribution >= 0.6 is 11.6 Å². The fourth-order valence-electron chi connectivity index (χ4n) is 6.47. The maximum Gasteiger partial charge on any atom is 0.354 e. The number of nitrogens with one attached hydrogen (secondary N) is 1. The summed E-state index contributed by atoms with van der Waals surface area (Å²) in [6.07, 6.45) is 8.44. The van der Waals surface area contributed by atoms with Gasteiger partial charge in [0.25, 0.3) is 0 Å². The number of piperidine rings is 1. The molecule has 2 aromatic carbocycles. The highest BCUT2D eigenvalue weighted by Gasteiger charge is 2.30. The molecule has 1 aliphatic rings. The fraction of sp³-hybridized carbons (Fsp3) is 0.441. The third kappa shape index (κ3) is 7.81. The molecule has 0 aliphatic carbocycles. The highest BCUT2D eigenvalue weighted by Crippen LogP contribution is 2.36. The lowest BCUT2D eigenvalue weighted by Crippen LogP contribution is -2.44. The average molecular weight is 635 g/mol. The number of halogens is 2. The van der Waals surface area contributed by atoms with E-state index in [0.717, 1.165) is 57.1 Å². The monoisotopic (exact) mass is 634 g/mol. The number of aromatic nitrogens is 3. The first-order valence-corrected chi connectivity index (χ1v) is 16.2. The van der Waals surface area contributed by atoms with E-state index in [9.17, 15) is 4.79 Å². The average Bonchev–Trinajstić information content (AvgIpc) is 3.41. The second-order valence-electron chi connectivity index (χ2n) is 12.2. The van der Waals surface area contributed by atoms with E-state index in [-0.39, 0.29) is 17.1 Å². The topological polar surface area (TPSA) is 144 Å². The maximum absolute atomic E-state index is 15.2. The van der Waals surface area contributed by atoms with Gasteiger partial charge in [-0.2, -0.15) is 4.98 Å². The van der Waals surface area contributed by atoms with E-state index in [0.29, 0.717) is 52.9 Å². The van der Waals surface area contributed by atoms with Crippen LogP contribution in [0.2, 0.25) is 5.02 Å². The van der Waals surface area contributed by atoms with Gasteiger partial charge in [-0.1, -0.05) is 23.7 Å². The molecule has 1 aliphatic heterocycles. The molecule has 4 aromatic rings. The van der Waals surface area contributed by atoms with E-state index in [2.05, 4.69) is 32.0 Å². The van der Waals surface area contributed by atoms with Gasteiger partial charge < -0.3 is 22.2 Å².